The van der Waals surface area contributed by atoms with Crippen LogP contribution in [0.1, 0.15) is 233 Å². The second-order valence-corrected chi connectivity index (χ2v) is 17.2. The molecule has 0 aromatic heterocycles. The molecule has 1 unspecified atom stereocenters. The first kappa shape index (κ1) is 60.3. The first-order valence-electron chi connectivity index (χ1n) is 26.3. The molecule has 0 saturated heterocycles. The summed E-state index contributed by atoms with van der Waals surface area (Å²) in [6.07, 6.45) is 68.3. The molecular weight excluding hydrogens is 793 g/mol. The molecule has 0 bridgehead atoms. The predicted molar refractivity (Wildman–Crippen MR) is 274 cm³/mol. The van der Waals surface area contributed by atoms with E-state index in [0.717, 1.165) is 64.2 Å². The fraction of sp³-hybridized carbons (Fsp3) is 0.672. The smallest absolute Gasteiger partial charge is 0.306 e. The van der Waals surface area contributed by atoms with E-state index in [2.05, 4.69) is 63.3 Å². The van der Waals surface area contributed by atoms with Gasteiger partial charge in [-0.15, -0.1) is 0 Å². The molecule has 0 aliphatic heterocycles. The minimum atomic E-state index is -0.822. The van der Waals surface area contributed by atoms with Gasteiger partial charge in [0.2, 0.25) is 0 Å². The third kappa shape index (κ3) is 49.3. The molecule has 0 aromatic rings. The second-order valence-electron chi connectivity index (χ2n) is 17.2. The van der Waals surface area contributed by atoms with Gasteiger partial charge in [0.25, 0.3) is 0 Å². The van der Waals surface area contributed by atoms with E-state index in [1.807, 2.05) is 54.7 Å². The second kappa shape index (κ2) is 52.0. The highest BCUT2D eigenvalue weighted by molar-refractivity contribution is 5.71. The minimum Gasteiger partial charge on any atom is -0.462 e. The van der Waals surface area contributed by atoms with Gasteiger partial charge in [-0.1, -0.05) is 227 Å². The molecule has 6 heteroatoms. The van der Waals surface area contributed by atoms with Crippen LogP contribution in [0.25, 0.3) is 0 Å². The number of carbonyl (C=O) groups excluding carboxylic acids is 3. The third-order valence-corrected chi connectivity index (χ3v) is 10.9. The summed E-state index contributed by atoms with van der Waals surface area (Å²) in [5.41, 5.74) is 0. The fourth-order valence-corrected chi connectivity index (χ4v) is 6.99. The molecule has 0 rings (SSSR count). The molecular formula is C58H96O6. The monoisotopic (exact) mass is 889 g/mol. The molecule has 1 atom stereocenters. The van der Waals surface area contributed by atoms with Crippen molar-refractivity contribution < 1.29 is 28.6 Å². The van der Waals surface area contributed by atoms with E-state index in [-0.39, 0.29) is 44.0 Å². The Morgan fingerprint density at radius 3 is 1.09 bits per heavy atom. The standard InChI is InChI=1S/C58H96O6/c1-4-7-10-13-16-19-22-25-27-29-31-33-36-39-42-45-48-51-57(60)63-54-55(53-62-56(59)50-47-44-41-38-35-32-24-21-18-15-12-9-6-3)64-58(61)52-49-46-43-40-37-34-30-28-26-23-20-17-14-11-8-5-2/h9,12,15,18,21,24-25,27-28,30,32,34-35,37-38,41,55H,4-8,10-11,13-14,16-17,19-20,22-23,26,29,31,33,36,39-40,42-54H2,1-3H3/b12-9-,18-15-,24-21-,27-25-,30-28-,35-32-,37-34-,41-38-. The highest BCUT2D eigenvalue weighted by Gasteiger charge is 2.19. The van der Waals surface area contributed by atoms with Crippen molar-refractivity contribution in [3.05, 3.63) is 97.2 Å². The van der Waals surface area contributed by atoms with Gasteiger partial charge in [0, 0.05) is 19.3 Å². The molecule has 0 aliphatic carbocycles. The van der Waals surface area contributed by atoms with E-state index in [1.165, 1.54) is 122 Å². The maximum absolute atomic E-state index is 12.8. The van der Waals surface area contributed by atoms with Crippen LogP contribution in [-0.2, 0) is 28.6 Å². The van der Waals surface area contributed by atoms with Crippen molar-refractivity contribution in [2.75, 3.05) is 13.2 Å². The Morgan fingerprint density at radius 1 is 0.328 bits per heavy atom. The maximum atomic E-state index is 12.8. The number of rotatable bonds is 46. The van der Waals surface area contributed by atoms with Gasteiger partial charge in [0.15, 0.2) is 6.10 Å². The average Bonchev–Trinajstić information content (AvgIpc) is 3.29. The van der Waals surface area contributed by atoms with Crippen LogP contribution in [0, 0.1) is 0 Å². The van der Waals surface area contributed by atoms with Crippen molar-refractivity contribution >= 4 is 17.9 Å². The predicted octanol–water partition coefficient (Wildman–Crippen LogP) is 17.4. The fourth-order valence-electron chi connectivity index (χ4n) is 6.99. The number of hydrogen-bond acceptors (Lipinski definition) is 6. The zero-order valence-electron chi connectivity index (χ0n) is 41.5. The summed E-state index contributed by atoms with van der Waals surface area (Å²) in [6, 6.07) is 0. The van der Waals surface area contributed by atoms with E-state index in [4.69, 9.17) is 14.2 Å². The third-order valence-electron chi connectivity index (χ3n) is 10.9. The van der Waals surface area contributed by atoms with Crippen molar-refractivity contribution in [3.63, 3.8) is 0 Å². The lowest BCUT2D eigenvalue weighted by Gasteiger charge is -2.18. The van der Waals surface area contributed by atoms with Crippen LogP contribution >= 0.6 is 0 Å². The lowest BCUT2D eigenvalue weighted by Crippen LogP contribution is -2.30. The Morgan fingerprint density at radius 2 is 0.641 bits per heavy atom. The lowest BCUT2D eigenvalue weighted by atomic mass is 10.1. The van der Waals surface area contributed by atoms with Crippen LogP contribution in [0.3, 0.4) is 0 Å². The SMILES string of the molecule is CC\C=C/C=C\C=C/C=C\C=C/CCCC(=O)OCC(COC(=O)CCCCCCCCC/C=C\CCCCCCCC)OC(=O)CCCCC/C=C\C=C/CCCCCCCCC. The zero-order valence-corrected chi connectivity index (χ0v) is 41.5. The summed E-state index contributed by atoms with van der Waals surface area (Å²) < 4.78 is 16.7. The Hall–Kier alpha value is -3.67. The number of unbranched alkanes of at least 4 members (excludes halogenated alkanes) is 24. The van der Waals surface area contributed by atoms with E-state index in [9.17, 15) is 14.4 Å². The number of carbonyl (C=O) groups is 3. The summed E-state index contributed by atoms with van der Waals surface area (Å²) in [7, 11) is 0. The summed E-state index contributed by atoms with van der Waals surface area (Å²) >= 11 is 0. The van der Waals surface area contributed by atoms with Gasteiger partial charge in [-0.05, 0) is 83.5 Å². The average molecular weight is 889 g/mol. The molecule has 0 heterocycles. The molecule has 0 fully saturated rings. The van der Waals surface area contributed by atoms with E-state index in [1.54, 1.807) is 0 Å². The van der Waals surface area contributed by atoms with Crippen molar-refractivity contribution in [1.29, 1.82) is 0 Å². The van der Waals surface area contributed by atoms with E-state index in [0.29, 0.717) is 12.8 Å². The summed E-state index contributed by atoms with van der Waals surface area (Å²) in [6.45, 7) is 6.39. The molecule has 0 radical (unpaired) electrons. The highest BCUT2D eigenvalue weighted by Crippen LogP contribution is 2.13. The van der Waals surface area contributed by atoms with Crippen molar-refractivity contribution in [2.24, 2.45) is 0 Å². The van der Waals surface area contributed by atoms with Crippen molar-refractivity contribution in [3.8, 4) is 0 Å². The molecule has 0 N–H and O–H groups in total. The molecule has 0 amide bonds. The Bertz CT molecular complexity index is 1300. The number of ether oxygens (including phenoxy) is 3. The van der Waals surface area contributed by atoms with Crippen LogP contribution in [-0.4, -0.2) is 37.2 Å². The van der Waals surface area contributed by atoms with Crippen LogP contribution < -0.4 is 0 Å². The Kier molecular flexibility index (Phi) is 49.0. The summed E-state index contributed by atoms with van der Waals surface area (Å²) in [5, 5.41) is 0. The van der Waals surface area contributed by atoms with Crippen molar-refractivity contribution in [1.82, 2.24) is 0 Å². The van der Waals surface area contributed by atoms with Crippen LogP contribution in [0.15, 0.2) is 97.2 Å². The molecule has 0 aromatic carbocycles. The largest absolute Gasteiger partial charge is 0.462 e. The van der Waals surface area contributed by atoms with Gasteiger partial charge in [0.05, 0.1) is 0 Å². The maximum Gasteiger partial charge on any atom is 0.306 e. The molecule has 0 aliphatic rings. The normalized spacial score (nSPS) is 12.9. The number of esters is 3. The van der Waals surface area contributed by atoms with Gasteiger partial charge in [-0.3, -0.25) is 14.4 Å². The number of hydrogen-bond donors (Lipinski definition) is 0. The highest BCUT2D eigenvalue weighted by atomic mass is 16.6. The van der Waals surface area contributed by atoms with Crippen LogP contribution in [0.2, 0.25) is 0 Å². The lowest BCUT2D eigenvalue weighted by molar-refractivity contribution is -0.167. The van der Waals surface area contributed by atoms with Crippen LogP contribution in [0.5, 0.6) is 0 Å². The first-order valence-corrected chi connectivity index (χ1v) is 26.3. The molecule has 0 saturated carbocycles. The van der Waals surface area contributed by atoms with Crippen molar-refractivity contribution in [2.45, 2.75) is 239 Å². The van der Waals surface area contributed by atoms with Gasteiger partial charge in [-0.25, -0.2) is 0 Å². The van der Waals surface area contributed by atoms with Gasteiger partial charge in [-0.2, -0.15) is 0 Å². The molecule has 0 spiro atoms. The van der Waals surface area contributed by atoms with Crippen LogP contribution in [0.4, 0.5) is 0 Å². The quantitative estimate of drug-likeness (QED) is 0.0199. The summed E-state index contributed by atoms with van der Waals surface area (Å²) in [4.78, 5) is 38.0. The van der Waals surface area contributed by atoms with E-state index < -0.39 is 6.10 Å². The first-order chi connectivity index (χ1) is 31.5. The zero-order chi connectivity index (χ0) is 46.5. The molecule has 64 heavy (non-hydrogen) atoms. The molecule has 6 nitrogen and oxygen atoms in total. The topological polar surface area (TPSA) is 78.9 Å². The van der Waals surface area contributed by atoms with Gasteiger partial charge < -0.3 is 14.2 Å². The van der Waals surface area contributed by atoms with Gasteiger partial charge >= 0.3 is 17.9 Å². The molecule has 364 valence electrons. The Balaban J connectivity index is 4.52. The Labute approximate surface area is 394 Å². The number of allylic oxidation sites excluding steroid dienone is 16. The van der Waals surface area contributed by atoms with E-state index >= 15 is 0 Å². The minimum absolute atomic E-state index is 0.114. The summed E-state index contributed by atoms with van der Waals surface area (Å²) in [5.74, 6) is -1.02. The van der Waals surface area contributed by atoms with Gasteiger partial charge in [0.1, 0.15) is 13.2 Å².